The number of aromatic nitrogens is 2. The van der Waals surface area contributed by atoms with Crippen molar-refractivity contribution in [2.75, 3.05) is 38.0 Å². The molecule has 2 aliphatic heterocycles. The van der Waals surface area contributed by atoms with E-state index in [1.54, 1.807) is 0 Å². The Hall–Kier alpha value is -3.06. The molecule has 32 heavy (non-hydrogen) atoms. The first kappa shape index (κ1) is 22.1. The number of hydroxylamine groups is 1. The number of morpholine rings is 1. The summed E-state index contributed by atoms with van der Waals surface area (Å²) in [6.07, 6.45) is -4.63. The first-order valence-electron chi connectivity index (χ1n) is 9.99. The number of carbonyl (C=O) groups excluding carboxylic acids is 1. The van der Waals surface area contributed by atoms with Gasteiger partial charge in [0.1, 0.15) is 0 Å². The topological polar surface area (TPSA) is 99.4 Å². The summed E-state index contributed by atoms with van der Waals surface area (Å²) >= 11 is 0. The molecule has 0 bridgehead atoms. The molecule has 1 unspecified atom stereocenters. The van der Waals surface area contributed by atoms with Gasteiger partial charge in [-0.3, -0.25) is 4.90 Å². The van der Waals surface area contributed by atoms with E-state index >= 15 is 0 Å². The molecule has 0 spiro atoms. The highest BCUT2D eigenvalue weighted by atomic mass is 19.4. The Labute approximate surface area is 180 Å². The largest absolute Gasteiger partial charge is 0.493 e. The number of halogens is 3. The summed E-state index contributed by atoms with van der Waals surface area (Å²) in [5.41, 5.74) is -0.122. The van der Waals surface area contributed by atoms with Gasteiger partial charge in [-0.1, -0.05) is 6.92 Å². The van der Waals surface area contributed by atoms with Gasteiger partial charge in [-0.2, -0.15) is 23.1 Å². The summed E-state index contributed by atoms with van der Waals surface area (Å²) < 4.78 is 60.8. The van der Waals surface area contributed by atoms with Crippen LogP contribution in [0, 0.1) is 0 Å². The zero-order valence-corrected chi connectivity index (χ0v) is 17.1. The van der Waals surface area contributed by atoms with E-state index in [1.165, 1.54) is 18.4 Å². The fourth-order valence-electron chi connectivity index (χ4n) is 3.17. The number of alkyl halides is 3. The maximum Gasteiger partial charge on any atom is 0.493 e. The predicted octanol–water partition coefficient (Wildman–Crippen LogP) is 2.61. The molecule has 0 amide bonds. The monoisotopic (exact) mass is 458 g/mol. The molecular weight excluding hydrogens is 437 g/mol. The van der Waals surface area contributed by atoms with Gasteiger partial charge >= 0.3 is 12.1 Å². The smallest absolute Gasteiger partial charge is 0.476 e. The van der Waals surface area contributed by atoms with Crippen LogP contribution in [-0.4, -0.2) is 59.9 Å². The van der Waals surface area contributed by atoms with Crippen molar-refractivity contribution in [1.82, 2.24) is 14.9 Å². The number of ether oxygens (including phenoxy) is 3. The molecule has 4 heterocycles. The van der Waals surface area contributed by atoms with E-state index in [1.807, 2.05) is 6.92 Å². The number of hydrogen-bond acceptors (Lipinski definition) is 10. The van der Waals surface area contributed by atoms with Gasteiger partial charge in [-0.15, -0.1) is 5.06 Å². The van der Waals surface area contributed by atoms with Gasteiger partial charge in [0.15, 0.2) is 11.6 Å². The van der Waals surface area contributed by atoms with Crippen molar-refractivity contribution in [3.63, 3.8) is 0 Å². The minimum Gasteiger partial charge on any atom is -0.476 e. The second-order valence-electron chi connectivity index (χ2n) is 7.02. The number of rotatable bonds is 7. The first-order chi connectivity index (χ1) is 15.4. The lowest BCUT2D eigenvalue weighted by molar-refractivity contribution is -0.203. The Kier molecular flexibility index (Phi) is 6.37. The highest BCUT2D eigenvalue weighted by molar-refractivity contribution is 5.78. The van der Waals surface area contributed by atoms with Crippen molar-refractivity contribution in [1.29, 1.82) is 0 Å². The molecular formula is C19H21F3N4O6. The van der Waals surface area contributed by atoms with Gasteiger partial charge in [-0.25, -0.2) is 4.79 Å². The average Bonchev–Trinajstić information content (AvgIpc) is 3.40. The van der Waals surface area contributed by atoms with Crippen LogP contribution in [0.2, 0.25) is 0 Å². The number of carbonyl (C=O) groups is 1. The van der Waals surface area contributed by atoms with Gasteiger partial charge in [0.05, 0.1) is 32.6 Å². The molecule has 2 aliphatic rings. The SMILES string of the molecule is CCCOc1nc(CN2CCOCC2)nc2c1N(OC(=O)C(F)(F)F)C(c1ccco1)O2. The molecule has 0 aliphatic carbocycles. The molecule has 1 fully saturated rings. The minimum atomic E-state index is -5.22. The lowest BCUT2D eigenvalue weighted by atomic mass is 10.3. The second kappa shape index (κ2) is 9.20. The van der Waals surface area contributed by atoms with Gasteiger partial charge in [0, 0.05) is 13.1 Å². The molecule has 1 atom stereocenters. The van der Waals surface area contributed by atoms with Crippen LogP contribution in [-0.2, 0) is 20.9 Å². The molecule has 0 aromatic carbocycles. The molecule has 2 aromatic rings. The summed E-state index contributed by atoms with van der Waals surface area (Å²) in [4.78, 5) is 27.1. The van der Waals surface area contributed by atoms with Crippen LogP contribution in [0.1, 0.15) is 31.2 Å². The zero-order valence-electron chi connectivity index (χ0n) is 17.1. The summed E-state index contributed by atoms with van der Waals surface area (Å²) in [7, 11) is 0. The lowest BCUT2D eigenvalue weighted by Crippen LogP contribution is -2.36. The van der Waals surface area contributed by atoms with Crippen LogP contribution >= 0.6 is 0 Å². The molecule has 2 aromatic heterocycles. The number of furan rings is 1. The molecule has 0 saturated carbocycles. The van der Waals surface area contributed by atoms with E-state index in [-0.39, 0.29) is 29.8 Å². The third-order valence-corrected chi connectivity index (χ3v) is 4.63. The fraction of sp³-hybridized carbons (Fsp3) is 0.526. The minimum absolute atomic E-state index is 0.0517. The number of fused-ring (bicyclic) bond motifs is 1. The van der Waals surface area contributed by atoms with Crippen molar-refractivity contribution in [2.45, 2.75) is 32.3 Å². The number of nitrogens with zero attached hydrogens (tertiary/aromatic N) is 4. The van der Waals surface area contributed by atoms with E-state index < -0.39 is 18.4 Å². The van der Waals surface area contributed by atoms with Crippen LogP contribution in [0.5, 0.6) is 11.8 Å². The Bertz CT molecular complexity index is 934. The molecule has 0 radical (unpaired) electrons. The van der Waals surface area contributed by atoms with Crippen molar-refractivity contribution in [2.24, 2.45) is 0 Å². The molecule has 1 saturated heterocycles. The van der Waals surface area contributed by atoms with Crippen molar-refractivity contribution < 1.29 is 41.4 Å². The van der Waals surface area contributed by atoms with Crippen molar-refractivity contribution in [3.05, 3.63) is 30.0 Å². The second-order valence-corrected chi connectivity index (χ2v) is 7.02. The van der Waals surface area contributed by atoms with E-state index in [9.17, 15) is 18.0 Å². The Morgan fingerprint density at radius 2 is 2.06 bits per heavy atom. The first-order valence-corrected chi connectivity index (χ1v) is 9.99. The standard InChI is InChI=1S/C19H21F3N4O6/c1-2-7-30-15-14-16(24-13(23-15)11-25-5-9-28-10-6-25)31-17(12-4-3-8-29-12)26(14)32-18(27)19(20,21)22/h3-4,8,17H,2,5-7,9-11H2,1H3. The van der Waals surface area contributed by atoms with Gasteiger partial charge < -0.3 is 23.5 Å². The summed E-state index contributed by atoms with van der Waals surface area (Å²) in [6, 6.07) is 3.00. The fourth-order valence-corrected chi connectivity index (χ4v) is 3.17. The third kappa shape index (κ3) is 4.72. The van der Waals surface area contributed by atoms with Gasteiger partial charge in [0.25, 0.3) is 12.1 Å². The lowest BCUT2D eigenvalue weighted by Gasteiger charge is -2.26. The maximum absolute atomic E-state index is 12.9. The Balaban J connectivity index is 1.70. The van der Waals surface area contributed by atoms with Crippen molar-refractivity contribution in [3.8, 4) is 11.8 Å². The van der Waals surface area contributed by atoms with Crippen LogP contribution in [0.25, 0.3) is 0 Å². The molecule has 10 nitrogen and oxygen atoms in total. The molecule has 4 rings (SSSR count). The van der Waals surface area contributed by atoms with E-state index in [4.69, 9.17) is 18.6 Å². The highest BCUT2D eigenvalue weighted by Gasteiger charge is 2.48. The van der Waals surface area contributed by atoms with E-state index in [2.05, 4.69) is 19.7 Å². The number of anilines is 1. The predicted molar refractivity (Wildman–Crippen MR) is 101 cm³/mol. The molecule has 0 N–H and O–H groups in total. The summed E-state index contributed by atoms with van der Waals surface area (Å²) in [6.45, 7) is 4.95. The zero-order chi connectivity index (χ0) is 22.7. The van der Waals surface area contributed by atoms with Crippen LogP contribution in [0.3, 0.4) is 0 Å². The number of hydrogen-bond donors (Lipinski definition) is 0. The summed E-state index contributed by atoms with van der Waals surface area (Å²) in [5, 5.41) is 0.632. The quantitative estimate of drug-likeness (QED) is 0.616. The summed E-state index contributed by atoms with van der Waals surface area (Å²) in [5.74, 6) is -2.10. The average molecular weight is 458 g/mol. The van der Waals surface area contributed by atoms with Crippen LogP contribution in [0.4, 0.5) is 18.9 Å². The molecule has 174 valence electrons. The normalized spacial score (nSPS) is 18.9. The van der Waals surface area contributed by atoms with Crippen molar-refractivity contribution >= 4 is 11.7 Å². The third-order valence-electron chi connectivity index (χ3n) is 4.63. The molecule has 13 heteroatoms. The van der Waals surface area contributed by atoms with Gasteiger partial charge in [0.2, 0.25) is 11.6 Å². The Morgan fingerprint density at radius 1 is 1.28 bits per heavy atom. The van der Waals surface area contributed by atoms with Crippen LogP contribution < -0.4 is 14.5 Å². The highest BCUT2D eigenvalue weighted by Crippen LogP contribution is 2.47. The van der Waals surface area contributed by atoms with Crippen LogP contribution in [0.15, 0.2) is 22.8 Å². The Morgan fingerprint density at radius 3 is 2.72 bits per heavy atom. The van der Waals surface area contributed by atoms with E-state index in [0.717, 1.165) is 0 Å². The van der Waals surface area contributed by atoms with Gasteiger partial charge in [-0.05, 0) is 18.6 Å². The maximum atomic E-state index is 12.9. The van der Waals surface area contributed by atoms with E-state index in [0.29, 0.717) is 50.2 Å².